The lowest BCUT2D eigenvalue weighted by atomic mass is 10.0. The Bertz CT molecular complexity index is 608. The van der Waals surface area contributed by atoms with Gasteiger partial charge in [0.15, 0.2) is 0 Å². The number of rotatable bonds is 2. The molecular formula is C14H18N2O2S. The molecule has 0 aliphatic carbocycles. The van der Waals surface area contributed by atoms with Crippen molar-refractivity contribution in [1.82, 2.24) is 4.31 Å². The Morgan fingerprint density at radius 2 is 2.11 bits per heavy atom. The summed E-state index contributed by atoms with van der Waals surface area (Å²) in [5.41, 5.74) is 2.18. The monoisotopic (exact) mass is 278 g/mol. The highest BCUT2D eigenvalue weighted by Crippen LogP contribution is 2.27. The molecule has 2 aliphatic heterocycles. The van der Waals surface area contributed by atoms with Gasteiger partial charge in [-0.3, -0.25) is 0 Å². The Morgan fingerprint density at radius 1 is 1.21 bits per heavy atom. The van der Waals surface area contributed by atoms with E-state index >= 15 is 0 Å². The zero-order chi connectivity index (χ0) is 13.3. The van der Waals surface area contributed by atoms with Gasteiger partial charge in [0.05, 0.1) is 4.90 Å². The second-order valence-corrected chi connectivity index (χ2v) is 6.91. The Morgan fingerprint density at radius 3 is 2.89 bits per heavy atom. The van der Waals surface area contributed by atoms with Crippen LogP contribution >= 0.6 is 0 Å². The summed E-state index contributed by atoms with van der Waals surface area (Å²) in [5, 5.41) is 3.28. The Hall–Kier alpha value is -1.33. The molecule has 19 heavy (non-hydrogen) atoms. The van der Waals surface area contributed by atoms with Gasteiger partial charge in [-0.1, -0.05) is 18.2 Å². The normalized spacial score (nSPS) is 19.8. The first kappa shape index (κ1) is 12.7. The SMILES string of the molecule is O=S(=O)(c1ccc2c(c1)NCCC2)N1CC=CCC1. The van der Waals surface area contributed by atoms with Gasteiger partial charge in [-0.25, -0.2) is 8.42 Å². The number of aryl methyl sites for hydroxylation is 1. The molecule has 0 saturated carbocycles. The maximum absolute atomic E-state index is 12.5. The third kappa shape index (κ3) is 2.40. The smallest absolute Gasteiger partial charge is 0.243 e. The van der Waals surface area contributed by atoms with Crippen LogP contribution in [-0.2, 0) is 16.4 Å². The number of fused-ring (bicyclic) bond motifs is 1. The van der Waals surface area contributed by atoms with Gasteiger partial charge in [0.2, 0.25) is 10.0 Å². The number of hydrogen-bond acceptors (Lipinski definition) is 3. The fraction of sp³-hybridized carbons (Fsp3) is 0.429. The van der Waals surface area contributed by atoms with Crippen LogP contribution in [0.4, 0.5) is 5.69 Å². The van der Waals surface area contributed by atoms with Gasteiger partial charge in [0.1, 0.15) is 0 Å². The minimum absolute atomic E-state index is 0.399. The molecule has 0 aromatic heterocycles. The summed E-state index contributed by atoms with van der Waals surface area (Å²) in [6.07, 6.45) is 6.87. The molecule has 5 heteroatoms. The van der Waals surface area contributed by atoms with Crippen molar-refractivity contribution in [3.8, 4) is 0 Å². The van der Waals surface area contributed by atoms with Gasteiger partial charge in [-0.2, -0.15) is 4.31 Å². The van der Waals surface area contributed by atoms with E-state index in [2.05, 4.69) is 5.32 Å². The quantitative estimate of drug-likeness (QED) is 0.842. The molecule has 0 bridgehead atoms. The minimum atomic E-state index is -3.35. The van der Waals surface area contributed by atoms with Crippen LogP contribution in [0.5, 0.6) is 0 Å². The summed E-state index contributed by atoms with van der Waals surface area (Å²) < 4.78 is 26.6. The molecule has 4 nitrogen and oxygen atoms in total. The lowest BCUT2D eigenvalue weighted by molar-refractivity contribution is 0.437. The van der Waals surface area contributed by atoms with Gasteiger partial charge in [-0.15, -0.1) is 0 Å². The predicted molar refractivity (Wildman–Crippen MR) is 75.8 cm³/mol. The van der Waals surface area contributed by atoms with Gasteiger partial charge in [-0.05, 0) is 37.0 Å². The van der Waals surface area contributed by atoms with E-state index in [-0.39, 0.29) is 0 Å². The lowest BCUT2D eigenvalue weighted by Gasteiger charge is -2.24. The van der Waals surface area contributed by atoms with Gasteiger partial charge in [0, 0.05) is 25.3 Å². The summed E-state index contributed by atoms with van der Waals surface area (Å²) in [5.74, 6) is 0. The molecule has 3 rings (SSSR count). The highest BCUT2D eigenvalue weighted by atomic mass is 32.2. The van der Waals surface area contributed by atoms with Crippen molar-refractivity contribution in [3.63, 3.8) is 0 Å². The molecule has 1 aromatic carbocycles. The zero-order valence-electron chi connectivity index (χ0n) is 10.8. The van der Waals surface area contributed by atoms with E-state index in [0.29, 0.717) is 18.0 Å². The second kappa shape index (κ2) is 4.98. The van der Waals surface area contributed by atoms with Crippen molar-refractivity contribution in [2.75, 3.05) is 25.0 Å². The Balaban J connectivity index is 1.94. The van der Waals surface area contributed by atoms with Crippen LogP contribution in [0.3, 0.4) is 0 Å². The summed E-state index contributed by atoms with van der Waals surface area (Å²) in [7, 11) is -3.35. The van der Waals surface area contributed by atoms with Crippen molar-refractivity contribution < 1.29 is 8.42 Å². The average molecular weight is 278 g/mol. The molecule has 0 radical (unpaired) electrons. The molecule has 0 unspecified atom stereocenters. The largest absolute Gasteiger partial charge is 0.385 e. The first-order valence-electron chi connectivity index (χ1n) is 6.70. The second-order valence-electron chi connectivity index (χ2n) is 4.97. The maximum atomic E-state index is 12.5. The molecule has 2 aliphatic rings. The lowest BCUT2D eigenvalue weighted by Crippen LogP contribution is -2.33. The van der Waals surface area contributed by atoms with Crippen molar-refractivity contribution >= 4 is 15.7 Å². The van der Waals surface area contributed by atoms with Gasteiger partial charge in [0.25, 0.3) is 0 Å². The molecule has 1 aromatic rings. The van der Waals surface area contributed by atoms with Crippen LogP contribution in [0, 0.1) is 0 Å². The number of nitrogens with one attached hydrogen (secondary N) is 1. The fourth-order valence-electron chi connectivity index (χ4n) is 2.59. The van der Waals surface area contributed by atoms with Crippen molar-refractivity contribution in [2.24, 2.45) is 0 Å². The van der Waals surface area contributed by atoms with Crippen LogP contribution < -0.4 is 5.32 Å². The first-order valence-corrected chi connectivity index (χ1v) is 8.14. The van der Waals surface area contributed by atoms with E-state index in [1.807, 2.05) is 18.2 Å². The van der Waals surface area contributed by atoms with E-state index in [9.17, 15) is 8.42 Å². The van der Waals surface area contributed by atoms with Gasteiger partial charge >= 0.3 is 0 Å². The summed E-state index contributed by atoms with van der Waals surface area (Å²) >= 11 is 0. The molecule has 102 valence electrons. The molecule has 0 saturated heterocycles. The summed E-state index contributed by atoms with van der Waals surface area (Å²) in [6.45, 7) is 1.97. The van der Waals surface area contributed by atoms with Crippen LogP contribution in [0.2, 0.25) is 0 Å². The predicted octanol–water partition coefficient (Wildman–Crippen LogP) is 2.00. The van der Waals surface area contributed by atoms with E-state index < -0.39 is 10.0 Å². The number of nitrogens with zero attached hydrogens (tertiary/aromatic N) is 1. The molecule has 0 amide bonds. The third-order valence-electron chi connectivity index (χ3n) is 3.68. The molecular weight excluding hydrogens is 260 g/mol. The van der Waals surface area contributed by atoms with E-state index in [1.54, 1.807) is 12.1 Å². The minimum Gasteiger partial charge on any atom is -0.385 e. The molecule has 1 N–H and O–H groups in total. The van der Waals surface area contributed by atoms with Crippen molar-refractivity contribution in [1.29, 1.82) is 0 Å². The van der Waals surface area contributed by atoms with Gasteiger partial charge < -0.3 is 5.32 Å². The van der Waals surface area contributed by atoms with E-state index in [1.165, 1.54) is 9.87 Å². The van der Waals surface area contributed by atoms with Crippen LogP contribution in [0.1, 0.15) is 18.4 Å². The number of benzene rings is 1. The van der Waals surface area contributed by atoms with E-state index in [0.717, 1.165) is 31.5 Å². The summed E-state index contributed by atoms with van der Waals surface area (Å²) in [6, 6.07) is 5.45. The molecule has 0 fully saturated rings. The first-order chi connectivity index (χ1) is 9.18. The van der Waals surface area contributed by atoms with Crippen LogP contribution in [-0.4, -0.2) is 32.4 Å². The molecule has 2 heterocycles. The zero-order valence-corrected chi connectivity index (χ0v) is 11.6. The van der Waals surface area contributed by atoms with Crippen LogP contribution in [0.25, 0.3) is 0 Å². The topological polar surface area (TPSA) is 49.4 Å². The van der Waals surface area contributed by atoms with Crippen LogP contribution in [0.15, 0.2) is 35.2 Å². The average Bonchev–Trinajstić information content (AvgIpc) is 2.47. The summed E-state index contributed by atoms with van der Waals surface area (Å²) in [4.78, 5) is 0.399. The number of sulfonamides is 1. The van der Waals surface area contributed by atoms with Crippen molar-refractivity contribution in [3.05, 3.63) is 35.9 Å². The number of hydrogen-bond donors (Lipinski definition) is 1. The standard InChI is InChI=1S/C14H18N2O2S/c17-19(18,16-9-2-1-3-10-16)13-7-6-12-5-4-8-15-14(12)11-13/h1-2,6-7,11,15H,3-5,8-10H2. The van der Waals surface area contributed by atoms with Crippen molar-refractivity contribution in [2.45, 2.75) is 24.2 Å². The highest BCUT2D eigenvalue weighted by Gasteiger charge is 2.25. The fourth-order valence-corrected chi connectivity index (χ4v) is 4.02. The Labute approximate surface area is 114 Å². The third-order valence-corrected chi connectivity index (χ3v) is 5.54. The Kier molecular flexibility index (Phi) is 3.33. The number of anilines is 1. The maximum Gasteiger partial charge on any atom is 0.243 e. The van der Waals surface area contributed by atoms with E-state index in [4.69, 9.17) is 0 Å². The molecule has 0 spiro atoms. The highest BCUT2D eigenvalue weighted by molar-refractivity contribution is 7.89. The molecule has 0 atom stereocenters.